The van der Waals surface area contributed by atoms with Crippen LogP contribution in [0.15, 0.2) is 0 Å². The maximum atomic E-state index is 11.1. The van der Waals surface area contributed by atoms with Crippen LogP contribution in [0.3, 0.4) is 0 Å². The van der Waals surface area contributed by atoms with Crippen molar-refractivity contribution in [1.82, 2.24) is 5.32 Å². The Morgan fingerprint density at radius 1 is 1.50 bits per heavy atom. The number of amides is 1. The quantitative estimate of drug-likeness (QED) is 0.563. The lowest BCUT2D eigenvalue weighted by Crippen LogP contribution is -2.40. The molecule has 82 valence electrons. The highest BCUT2D eigenvalue weighted by atomic mass is 16.4. The molecule has 0 aromatic heterocycles. The van der Waals surface area contributed by atoms with Gasteiger partial charge in [0.05, 0.1) is 12.0 Å². The lowest BCUT2D eigenvalue weighted by Gasteiger charge is -2.11. The Morgan fingerprint density at radius 2 is 2.07 bits per heavy atom. The number of aliphatic carboxylic acids is 1. The molecule has 2 atom stereocenters. The van der Waals surface area contributed by atoms with Gasteiger partial charge in [-0.05, 0) is 12.8 Å². The summed E-state index contributed by atoms with van der Waals surface area (Å²) in [4.78, 5) is 21.6. The first-order valence-electron chi connectivity index (χ1n) is 4.75. The summed E-state index contributed by atoms with van der Waals surface area (Å²) in [5.41, 5.74) is 5.46. The van der Waals surface area contributed by atoms with Gasteiger partial charge in [0, 0.05) is 6.54 Å². The second-order valence-electron chi connectivity index (χ2n) is 3.33. The van der Waals surface area contributed by atoms with Crippen LogP contribution in [0.25, 0.3) is 0 Å². The van der Waals surface area contributed by atoms with Crippen LogP contribution in [-0.4, -0.2) is 29.6 Å². The van der Waals surface area contributed by atoms with E-state index in [1.165, 1.54) is 0 Å². The molecule has 0 spiro atoms. The van der Waals surface area contributed by atoms with E-state index in [2.05, 4.69) is 5.32 Å². The van der Waals surface area contributed by atoms with Gasteiger partial charge in [-0.3, -0.25) is 9.59 Å². The topological polar surface area (TPSA) is 92.4 Å². The fourth-order valence-electron chi connectivity index (χ4n) is 0.852. The summed E-state index contributed by atoms with van der Waals surface area (Å²) in [6.45, 7) is 3.79. The summed E-state index contributed by atoms with van der Waals surface area (Å²) in [5.74, 6) is -1.50. The van der Waals surface area contributed by atoms with E-state index < -0.39 is 17.9 Å². The van der Waals surface area contributed by atoms with Gasteiger partial charge in [0.1, 0.15) is 0 Å². The molecular formula is C9H18N2O3. The van der Waals surface area contributed by atoms with Crippen molar-refractivity contribution in [2.75, 3.05) is 6.54 Å². The highest BCUT2D eigenvalue weighted by Crippen LogP contribution is 1.99. The van der Waals surface area contributed by atoms with Crippen molar-refractivity contribution in [1.29, 1.82) is 0 Å². The first kappa shape index (κ1) is 12.9. The van der Waals surface area contributed by atoms with Crippen molar-refractivity contribution >= 4 is 11.9 Å². The fourth-order valence-corrected chi connectivity index (χ4v) is 0.852. The second-order valence-corrected chi connectivity index (χ2v) is 3.33. The van der Waals surface area contributed by atoms with E-state index in [0.717, 1.165) is 0 Å². The Kier molecular flexibility index (Phi) is 5.87. The smallest absolute Gasteiger partial charge is 0.306 e. The van der Waals surface area contributed by atoms with Crippen molar-refractivity contribution < 1.29 is 14.7 Å². The molecule has 1 unspecified atom stereocenters. The van der Waals surface area contributed by atoms with E-state index in [4.69, 9.17) is 10.8 Å². The number of hydrogen-bond acceptors (Lipinski definition) is 3. The van der Waals surface area contributed by atoms with Gasteiger partial charge in [-0.25, -0.2) is 0 Å². The highest BCUT2D eigenvalue weighted by molar-refractivity contribution is 5.81. The number of rotatable bonds is 6. The van der Waals surface area contributed by atoms with E-state index in [-0.39, 0.29) is 5.91 Å². The van der Waals surface area contributed by atoms with Gasteiger partial charge in [0.15, 0.2) is 0 Å². The largest absolute Gasteiger partial charge is 0.481 e. The van der Waals surface area contributed by atoms with Crippen LogP contribution >= 0.6 is 0 Å². The monoisotopic (exact) mass is 202 g/mol. The van der Waals surface area contributed by atoms with E-state index >= 15 is 0 Å². The molecule has 0 fully saturated rings. The van der Waals surface area contributed by atoms with Gasteiger partial charge in [-0.15, -0.1) is 0 Å². The Labute approximate surface area is 83.7 Å². The lowest BCUT2D eigenvalue weighted by atomic mass is 10.1. The van der Waals surface area contributed by atoms with Gasteiger partial charge in [0.25, 0.3) is 0 Å². The summed E-state index contributed by atoms with van der Waals surface area (Å²) in [7, 11) is 0. The Hall–Kier alpha value is -1.10. The van der Waals surface area contributed by atoms with Crippen LogP contribution in [0.4, 0.5) is 0 Å². The summed E-state index contributed by atoms with van der Waals surface area (Å²) >= 11 is 0. The zero-order valence-electron chi connectivity index (χ0n) is 8.62. The number of hydrogen-bond donors (Lipinski definition) is 3. The molecule has 0 rings (SSSR count). The first-order chi connectivity index (χ1) is 6.49. The number of nitrogens with two attached hydrogens (primary N) is 1. The molecule has 1 amide bonds. The molecule has 0 radical (unpaired) electrons. The maximum absolute atomic E-state index is 11.1. The van der Waals surface area contributed by atoms with Crippen molar-refractivity contribution in [3.63, 3.8) is 0 Å². The molecule has 0 bridgehead atoms. The van der Waals surface area contributed by atoms with E-state index in [9.17, 15) is 9.59 Å². The molecule has 0 aliphatic rings. The zero-order valence-corrected chi connectivity index (χ0v) is 8.62. The standard InChI is InChI=1S/C9H18N2O3/c1-3-7(10)8(12)11-5-4-6(2)9(13)14/h6-7H,3-5,10H2,1-2H3,(H,11,12)(H,13,14)/t6?,7-/m1/s1. The van der Waals surface area contributed by atoms with Crippen LogP contribution in [0.5, 0.6) is 0 Å². The average molecular weight is 202 g/mol. The second kappa shape index (κ2) is 6.37. The van der Waals surface area contributed by atoms with Gasteiger partial charge < -0.3 is 16.2 Å². The third-order valence-corrected chi connectivity index (χ3v) is 2.07. The lowest BCUT2D eigenvalue weighted by molar-refractivity contribution is -0.141. The number of carboxylic acids is 1. The van der Waals surface area contributed by atoms with Crippen molar-refractivity contribution in [2.24, 2.45) is 11.7 Å². The number of nitrogens with one attached hydrogen (secondary N) is 1. The first-order valence-corrected chi connectivity index (χ1v) is 4.75. The maximum Gasteiger partial charge on any atom is 0.306 e. The molecule has 0 aromatic carbocycles. The number of carbonyl (C=O) groups excluding carboxylic acids is 1. The van der Waals surface area contributed by atoms with Gasteiger partial charge in [0.2, 0.25) is 5.91 Å². The predicted molar refractivity (Wildman–Crippen MR) is 52.7 cm³/mol. The Bertz CT molecular complexity index is 206. The van der Waals surface area contributed by atoms with Crippen molar-refractivity contribution in [3.05, 3.63) is 0 Å². The molecular weight excluding hydrogens is 184 g/mol. The summed E-state index contributed by atoms with van der Waals surface area (Å²) in [5, 5.41) is 11.2. The average Bonchev–Trinajstić information content (AvgIpc) is 2.15. The fraction of sp³-hybridized carbons (Fsp3) is 0.778. The minimum atomic E-state index is -0.848. The highest BCUT2D eigenvalue weighted by Gasteiger charge is 2.13. The SMILES string of the molecule is CC[C@@H](N)C(=O)NCCC(C)C(=O)O. The third-order valence-electron chi connectivity index (χ3n) is 2.07. The van der Waals surface area contributed by atoms with Crippen LogP contribution in [0.1, 0.15) is 26.7 Å². The molecule has 0 aliphatic carbocycles. The van der Waals surface area contributed by atoms with Crippen LogP contribution in [0.2, 0.25) is 0 Å². The molecule has 0 saturated carbocycles. The molecule has 0 aliphatic heterocycles. The van der Waals surface area contributed by atoms with E-state index in [1.807, 2.05) is 6.92 Å². The Balaban J connectivity index is 3.64. The van der Waals surface area contributed by atoms with E-state index in [1.54, 1.807) is 6.92 Å². The minimum Gasteiger partial charge on any atom is -0.481 e. The number of carbonyl (C=O) groups is 2. The molecule has 14 heavy (non-hydrogen) atoms. The molecule has 4 N–H and O–H groups in total. The van der Waals surface area contributed by atoms with Gasteiger partial charge >= 0.3 is 5.97 Å². The molecule has 0 saturated heterocycles. The summed E-state index contributed by atoms with van der Waals surface area (Å²) in [6, 6.07) is -0.491. The van der Waals surface area contributed by atoms with Crippen LogP contribution in [0, 0.1) is 5.92 Å². The van der Waals surface area contributed by atoms with Crippen molar-refractivity contribution in [2.45, 2.75) is 32.7 Å². The summed E-state index contributed by atoms with van der Waals surface area (Å²) in [6.07, 6.45) is 1.01. The summed E-state index contributed by atoms with van der Waals surface area (Å²) < 4.78 is 0. The van der Waals surface area contributed by atoms with Crippen molar-refractivity contribution in [3.8, 4) is 0 Å². The normalized spacial score (nSPS) is 14.5. The molecule has 0 aromatic rings. The van der Waals surface area contributed by atoms with Crippen LogP contribution < -0.4 is 11.1 Å². The molecule has 5 nitrogen and oxygen atoms in total. The minimum absolute atomic E-state index is 0.218. The van der Waals surface area contributed by atoms with E-state index in [0.29, 0.717) is 19.4 Å². The van der Waals surface area contributed by atoms with Crippen LogP contribution in [-0.2, 0) is 9.59 Å². The third kappa shape index (κ3) is 4.81. The van der Waals surface area contributed by atoms with Gasteiger partial charge in [-0.2, -0.15) is 0 Å². The molecule has 0 heterocycles. The predicted octanol–water partition coefficient (Wildman–Crippen LogP) is -0.0493. The molecule has 5 heteroatoms. The zero-order chi connectivity index (χ0) is 11.1. The number of carboxylic acid groups (broad SMARTS) is 1. The Morgan fingerprint density at radius 3 is 2.50 bits per heavy atom. The van der Waals surface area contributed by atoms with Gasteiger partial charge in [-0.1, -0.05) is 13.8 Å².